The van der Waals surface area contributed by atoms with E-state index in [0.717, 1.165) is 22.5 Å². The molecule has 0 saturated heterocycles. The molecule has 2 heteroatoms. The summed E-state index contributed by atoms with van der Waals surface area (Å²) < 4.78 is 13.5. The molecule has 0 aliphatic carbocycles. The summed E-state index contributed by atoms with van der Waals surface area (Å²) in [6.45, 7) is 0. The summed E-state index contributed by atoms with van der Waals surface area (Å²) in [7, 11) is 0. The van der Waals surface area contributed by atoms with E-state index >= 15 is 0 Å². The van der Waals surface area contributed by atoms with Crippen LogP contribution in [0.5, 0.6) is 0 Å². The van der Waals surface area contributed by atoms with Crippen molar-refractivity contribution in [2.45, 2.75) is 0 Å². The van der Waals surface area contributed by atoms with E-state index in [1.807, 2.05) is 42.5 Å². The Morgan fingerprint density at radius 2 is 1.19 bits per heavy atom. The Hall–Kier alpha value is -3.39. The van der Waals surface area contributed by atoms with Gasteiger partial charge in [-0.1, -0.05) is 78.9 Å². The van der Waals surface area contributed by atoms with Gasteiger partial charge in [-0.25, -0.2) is 4.39 Å². The number of halogens is 1. The van der Waals surface area contributed by atoms with Crippen molar-refractivity contribution >= 4 is 11.4 Å². The van der Waals surface area contributed by atoms with Gasteiger partial charge in [-0.15, -0.1) is 0 Å². The summed E-state index contributed by atoms with van der Waals surface area (Å²) in [5.74, 6) is -0.250. The van der Waals surface area contributed by atoms with Crippen LogP contribution in [-0.2, 0) is 0 Å². The summed E-state index contributed by atoms with van der Waals surface area (Å²) in [5, 5.41) is 3.32. The Morgan fingerprint density at radius 1 is 0.538 bits per heavy atom. The fourth-order valence-electron chi connectivity index (χ4n) is 3.04. The molecule has 0 saturated carbocycles. The van der Waals surface area contributed by atoms with Crippen LogP contribution in [0.4, 0.5) is 15.8 Å². The van der Waals surface area contributed by atoms with Crippen molar-refractivity contribution in [3.8, 4) is 22.3 Å². The number of para-hydroxylation sites is 1. The van der Waals surface area contributed by atoms with Gasteiger partial charge in [-0.05, 0) is 41.0 Å². The fourth-order valence-corrected chi connectivity index (χ4v) is 3.04. The van der Waals surface area contributed by atoms with Crippen molar-refractivity contribution in [2.24, 2.45) is 0 Å². The molecule has 0 spiro atoms. The van der Waals surface area contributed by atoms with E-state index in [0.29, 0.717) is 0 Å². The monoisotopic (exact) mass is 339 g/mol. The molecule has 0 heterocycles. The van der Waals surface area contributed by atoms with Gasteiger partial charge < -0.3 is 5.32 Å². The molecule has 0 aliphatic heterocycles. The molecular weight excluding hydrogens is 321 g/mol. The number of anilines is 2. The predicted octanol–water partition coefficient (Wildman–Crippen LogP) is 6.90. The average molecular weight is 339 g/mol. The highest BCUT2D eigenvalue weighted by atomic mass is 19.1. The van der Waals surface area contributed by atoms with Crippen molar-refractivity contribution in [3.63, 3.8) is 0 Å². The molecule has 0 aromatic heterocycles. The zero-order valence-corrected chi connectivity index (χ0v) is 14.2. The third-order valence-electron chi connectivity index (χ3n) is 4.33. The first-order valence-electron chi connectivity index (χ1n) is 8.57. The van der Waals surface area contributed by atoms with Gasteiger partial charge >= 0.3 is 0 Å². The fraction of sp³-hybridized carbons (Fsp3) is 0. The lowest BCUT2D eigenvalue weighted by Gasteiger charge is -2.13. The third kappa shape index (κ3) is 3.50. The molecule has 126 valence electrons. The van der Waals surface area contributed by atoms with Gasteiger partial charge in [-0.2, -0.15) is 0 Å². The van der Waals surface area contributed by atoms with Crippen molar-refractivity contribution in [1.29, 1.82) is 0 Å². The molecule has 0 aliphatic rings. The van der Waals surface area contributed by atoms with Crippen molar-refractivity contribution in [1.82, 2.24) is 0 Å². The molecule has 0 radical (unpaired) electrons. The van der Waals surface area contributed by atoms with Gasteiger partial charge in [0.2, 0.25) is 0 Å². The highest BCUT2D eigenvalue weighted by Crippen LogP contribution is 2.32. The minimum Gasteiger partial charge on any atom is -0.355 e. The molecule has 4 aromatic carbocycles. The summed E-state index contributed by atoms with van der Waals surface area (Å²) >= 11 is 0. The van der Waals surface area contributed by atoms with E-state index in [2.05, 4.69) is 47.8 Å². The maximum Gasteiger partial charge on any atom is 0.125 e. The standard InChI is InChI=1S/C24H18FN/c25-21-9-6-10-22(17-21)26-24-12-5-4-11-23(24)20-15-13-19(14-16-20)18-7-2-1-3-8-18/h1-17,26H. The second kappa shape index (κ2) is 7.24. The summed E-state index contributed by atoms with van der Waals surface area (Å²) in [6, 6.07) is 33.4. The normalized spacial score (nSPS) is 10.5. The number of hydrogen-bond acceptors (Lipinski definition) is 1. The average Bonchev–Trinajstić information content (AvgIpc) is 2.69. The van der Waals surface area contributed by atoms with Crippen molar-refractivity contribution in [3.05, 3.63) is 109 Å². The van der Waals surface area contributed by atoms with Crippen molar-refractivity contribution in [2.75, 3.05) is 5.32 Å². The molecule has 0 unspecified atom stereocenters. The Bertz CT molecular complexity index is 1010. The molecule has 26 heavy (non-hydrogen) atoms. The summed E-state index contributed by atoms with van der Waals surface area (Å²) in [5.41, 5.74) is 6.26. The van der Waals surface area contributed by atoms with E-state index in [-0.39, 0.29) is 5.82 Å². The highest BCUT2D eigenvalue weighted by molar-refractivity contribution is 5.82. The van der Waals surface area contributed by atoms with Crippen LogP contribution in [0, 0.1) is 5.82 Å². The summed E-state index contributed by atoms with van der Waals surface area (Å²) in [4.78, 5) is 0. The van der Waals surface area contributed by atoms with Crippen LogP contribution in [0.15, 0.2) is 103 Å². The first-order valence-corrected chi connectivity index (χ1v) is 8.57. The molecule has 0 bridgehead atoms. The lowest BCUT2D eigenvalue weighted by atomic mass is 9.99. The van der Waals surface area contributed by atoms with E-state index < -0.39 is 0 Å². The number of hydrogen-bond donors (Lipinski definition) is 1. The molecule has 4 aromatic rings. The Labute approximate surface area is 152 Å². The smallest absolute Gasteiger partial charge is 0.125 e. The number of nitrogens with one attached hydrogen (secondary N) is 1. The van der Waals surface area contributed by atoms with Gasteiger partial charge in [0.1, 0.15) is 5.82 Å². The molecule has 0 amide bonds. The molecule has 1 nitrogen and oxygen atoms in total. The highest BCUT2D eigenvalue weighted by Gasteiger charge is 2.06. The topological polar surface area (TPSA) is 12.0 Å². The van der Waals surface area contributed by atoms with E-state index in [4.69, 9.17) is 0 Å². The van der Waals surface area contributed by atoms with Crippen LogP contribution in [0.1, 0.15) is 0 Å². The second-order valence-electron chi connectivity index (χ2n) is 6.12. The van der Waals surface area contributed by atoms with Crippen LogP contribution < -0.4 is 5.32 Å². The number of benzene rings is 4. The molecule has 4 rings (SSSR count). The summed E-state index contributed by atoms with van der Waals surface area (Å²) in [6.07, 6.45) is 0. The minimum absolute atomic E-state index is 0.250. The third-order valence-corrected chi connectivity index (χ3v) is 4.33. The van der Waals surface area contributed by atoms with Gasteiger partial charge in [0.05, 0.1) is 0 Å². The van der Waals surface area contributed by atoms with Crippen LogP contribution in [-0.4, -0.2) is 0 Å². The molecule has 1 N–H and O–H groups in total. The first-order chi connectivity index (χ1) is 12.8. The SMILES string of the molecule is Fc1cccc(Nc2ccccc2-c2ccc(-c3ccccc3)cc2)c1. The Morgan fingerprint density at radius 3 is 1.96 bits per heavy atom. The second-order valence-corrected chi connectivity index (χ2v) is 6.12. The zero-order valence-electron chi connectivity index (χ0n) is 14.2. The predicted molar refractivity (Wildman–Crippen MR) is 107 cm³/mol. The Balaban J connectivity index is 1.66. The molecule has 0 atom stereocenters. The zero-order chi connectivity index (χ0) is 17.8. The van der Waals surface area contributed by atoms with Crippen LogP contribution in [0.2, 0.25) is 0 Å². The largest absolute Gasteiger partial charge is 0.355 e. The van der Waals surface area contributed by atoms with Crippen LogP contribution in [0.3, 0.4) is 0 Å². The van der Waals surface area contributed by atoms with Gasteiger partial charge in [0, 0.05) is 16.9 Å². The molecular formula is C24H18FN. The first kappa shape index (κ1) is 16.1. The van der Waals surface area contributed by atoms with Crippen molar-refractivity contribution < 1.29 is 4.39 Å². The van der Waals surface area contributed by atoms with Gasteiger partial charge in [-0.3, -0.25) is 0 Å². The quantitative estimate of drug-likeness (QED) is 0.426. The van der Waals surface area contributed by atoms with Gasteiger partial charge in [0.25, 0.3) is 0 Å². The molecule has 0 fully saturated rings. The van der Waals surface area contributed by atoms with E-state index in [1.165, 1.54) is 23.3 Å². The lowest BCUT2D eigenvalue weighted by Crippen LogP contribution is -1.93. The minimum atomic E-state index is -0.250. The van der Waals surface area contributed by atoms with Crippen LogP contribution in [0.25, 0.3) is 22.3 Å². The van der Waals surface area contributed by atoms with Gasteiger partial charge in [0.15, 0.2) is 0 Å². The number of rotatable bonds is 4. The van der Waals surface area contributed by atoms with Crippen LogP contribution >= 0.6 is 0 Å². The maximum atomic E-state index is 13.5. The van der Waals surface area contributed by atoms with E-state index in [1.54, 1.807) is 6.07 Å². The lowest BCUT2D eigenvalue weighted by molar-refractivity contribution is 0.628. The Kier molecular flexibility index (Phi) is 4.48. The maximum absolute atomic E-state index is 13.5. The van der Waals surface area contributed by atoms with E-state index in [9.17, 15) is 4.39 Å².